The monoisotopic (exact) mass is 569 g/mol. The van der Waals surface area contributed by atoms with Gasteiger partial charge in [0.05, 0.1) is 10.6 Å². The Balaban J connectivity index is 2.01. The van der Waals surface area contributed by atoms with Crippen LogP contribution in [0.3, 0.4) is 0 Å². The second-order valence-corrected chi connectivity index (χ2v) is 12.4. The molecule has 0 aromatic heterocycles. The van der Waals surface area contributed by atoms with Crippen molar-refractivity contribution in [1.29, 1.82) is 0 Å². The second-order valence-electron chi connectivity index (χ2n) is 10.1. The zero-order valence-electron chi connectivity index (χ0n) is 23.0. The number of halogens is 1. The number of hydrogen-bond donors (Lipinski definition) is 1. The molecule has 3 aromatic carbocycles. The van der Waals surface area contributed by atoms with Crippen LogP contribution < -0.4 is 9.62 Å². The molecular weight excluding hydrogens is 534 g/mol. The van der Waals surface area contributed by atoms with Crippen molar-refractivity contribution in [3.05, 3.63) is 94.5 Å². The average Bonchev–Trinajstić information content (AvgIpc) is 2.89. The van der Waals surface area contributed by atoms with Gasteiger partial charge >= 0.3 is 0 Å². The lowest BCUT2D eigenvalue weighted by molar-refractivity contribution is -0.139. The van der Waals surface area contributed by atoms with Crippen LogP contribution in [0, 0.1) is 19.8 Å². The van der Waals surface area contributed by atoms with E-state index < -0.39 is 28.5 Å². The van der Waals surface area contributed by atoms with E-state index in [1.165, 1.54) is 23.1 Å². The minimum absolute atomic E-state index is 0.0497. The molecule has 39 heavy (non-hydrogen) atoms. The summed E-state index contributed by atoms with van der Waals surface area (Å²) >= 11 is 6.21. The summed E-state index contributed by atoms with van der Waals surface area (Å²) in [5, 5.41) is 3.22. The van der Waals surface area contributed by atoms with Crippen molar-refractivity contribution < 1.29 is 18.0 Å². The van der Waals surface area contributed by atoms with Gasteiger partial charge < -0.3 is 10.2 Å². The first kappa shape index (κ1) is 30.2. The molecule has 0 aliphatic rings. The molecule has 7 nitrogen and oxygen atoms in total. The summed E-state index contributed by atoms with van der Waals surface area (Å²) in [7, 11) is -4.14. The van der Waals surface area contributed by atoms with Gasteiger partial charge in [-0.2, -0.15) is 0 Å². The number of hydrogen-bond acceptors (Lipinski definition) is 4. The van der Waals surface area contributed by atoms with Gasteiger partial charge in [0, 0.05) is 18.1 Å². The standard InChI is InChI=1S/C30H36ClN3O4S/c1-21(2)18-32-30(36)24(5)33(19-25-13-9-22(3)10-14-25)29(35)20-34(27-8-6-7-26(31)17-27)39(37,38)28-15-11-23(4)12-16-28/h6-17,21,24H,18-20H2,1-5H3,(H,32,36)/t24-/m0/s1. The van der Waals surface area contributed by atoms with Crippen molar-refractivity contribution in [3.63, 3.8) is 0 Å². The number of rotatable bonds is 11. The number of sulfonamides is 1. The fraction of sp³-hybridized carbons (Fsp3) is 0.333. The number of carbonyl (C=O) groups excluding carboxylic acids is 2. The Hall–Kier alpha value is -3.36. The Kier molecular flexibility index (Phi) is 10.2. The van der Waals surface area contributed by atoms with Crippen molar-refractivity contribution in [2.75, 3.05) is 17.4 Å². The van der Waals surface area contributed by atoms with Crippen LogP contribution in [0.5, 0.6) is 0 Å². The molecule has 0 heterocycles. The van der Waals surface area contributed by atoms with Crippen molar-refractivity contribution >= 4 is 39.1 Å². The van der Waals surface area contributed by atoms with Gasteiger partial charge in [0.15, 0.2) is 0 Å². The predicted octanol–water partition coefficient (Wildman–Crippen LogP) is 5.34. The van der Waals surface area contributed by atoms with E-state index in [-0.39, 0.29) is 29.0 Å². The lowest BCUT2D eigenvalue weighted by Gasteiger charge is -2.32. The van der Waals surface area contributed by atoms with E-state index in [9.17, 15) is 18.0 Å². The third kappa shape index (κ3) is 8.07. The van der Waals surface area contributed by atoms with Gasteiger partial charge in [0.1, 0.15) is 12.6 Å². The summed E-state index contributed by atoms with van der Waals surface area (Å²) in [6.07, 6.45) is 0. The highest BCUT2D eigenvalue weighted by atomic mass is 35.5. The third-order valence-corrected chi connectivity index (χ3v) is 8.33. The fourth-order valence-corrected chi connectivity index (χ4v) is 5.51. The number of benzene rings is 3. The Labute approximate surface area is 236 Å². The largest absolute Gasteiger partial charge is 0.354 e. The SMILES string of the molecule is Cc1ccc(CN(C(=O)CN(c2cccc(Cl)c2)S(=O)(=O)c2ccc(C)cc2)[C@@H](C)C(=O)NCC(C)C)cc1. The van der Waals surface area contributed by atoms with Crippen LogP contribution in [-0.4, -0.2) is 44.3 Å². The summed E-state index contributed by atoms with van der Waals surface area (Å²) < 4.78 is 28.7. The highest BCUT2D eigenvalue weighted by Crippen LogP contribution is 2.27. The van der Waals surface area contributed by atoms with Crippen molar-refractivity contribution in [2.45, 2.75) is 52.1 Å². The lowest BCUT2D eigenvalue weighted by atomic mass is 10.1. The molecule has 0 saturated heterocycles. The first-order valence-electron chi connectivity index (χ1n) is 12.9. The van der Waals surface area contributed by atoms with Crippen molar-refractivity contribution in [3.8, 4) is 0 Å². The van der Waals surface area contributed by atoms with Crippen LogP contribution in [0.1, 0.15) is 37.5 Å². The number of aryl methyl sites for hydroxylation is 2. The minimum Gasteiger partial charge on any atom is -0.354 e. The van der Waals surface area contributed by atoms with Crippen molar-refractivity contribution in [2.24, 2.45) is 5.92 Å². The van der Waals surface area contributed by atoms with Gasteiger partial charge in [-0.25, -0.2) is 8.42 Å². The summed E-state index contributed by atoms with van der Waals surface area (Å²) in [6.45, 7) is 9.55. The summed E-state index contributed by atoms with van der Waals surface area (Å²) in [5.74, 6) is -0.585. The van der Waals surface area contributed by atoms with E-state index in [2.05, 4.69) is 5.32 Å². The van der Waals surface area contributed by atoms with E-state index in [1.807, 2.05) is 52.0 Å². The Morgan fingerprint density at radius 2 is 1.49 bits per heavy atom. The molecule has 0 bridgehead atoms. The van der Waals surface area contributed by atoms with E-state index in [0.29, 0.717) is 11.6 Å². The molecule has 2 amide bonds. The van der Waals surface area contributed by atoms with E-state index in [0.717, 1.165) is 21.0 Å². The smallest absolute Gasteiger partial charge is 0.264 e. The molecule has 3 aromatic rings. The fourth-order valence-electron chi connectivity index (χ4n) is 3.92. The maximum absolute atomic E-state index is 13.9. The molecule has 9 heteroatoms. The molecule has 0 aliphatic heterocycles. The molecule has 0 spiro atoms. The second kappa shape index (κ2) is 13.1. The normalized spacial score (nSPS) is 12.2. The minimum atomic E-state index is -4.14. The van der Waals surface area contributed by atoms with Gasteiger partial charge in [-0.15, -0.1) is 0 Å². The highest BCUT2D eigenvalue weighted by molar-refractivity contribution is 7.92. The number of nitrogens with one attached hydrogen (secondary N) is 1. The van der Waals surface area contributed by atoms with E-state index in [1.54, 1.807) is 37.3 Å². The maximum atomic E-state index is 13.9. The first-order valence-corrected chi connectivity index (χ1v) is 14.7. The van der Waals surface area contributed by atoms with Crippen LogP contribution in [0.4, 0.5) is 5.69 Å². The van der Waals surface area contributed by atoms with Gasteiger partial charge in [-0.1, -0.05) is 79.0 Å². The molecule has 208 valence electrons. The Morgan fingerprint density at radius 1 is 0.897 bits per heavy atom. The van der Waals surface area contributed by atoms with Crippen LogP contribution in [0.25, 0.3) is 0 Å². The number of carbonyl (C=O) groups is 2. The number of amides is 2. The number of nitrogens with zero attached hydrogens (tertiary/aromatic N) is 2. The van der Waals surface area contributed by atoms with Crippen LogP contribution >= 0.6 is 11.6 Å². The summed E-state index contributed by atoms with van der Waals surface area (Å²) in [5.41, 5.74) is 3.05. The zero-order chi connectivity index (χ0) is 28.7. The molecular formula is C30H36ClN3O4S. The summed E-state index contributed by atoms with van der Waals surface area (Å²) in [4.78, 5) is 28.4. The van der Waals surface area contributed by atoms with Gasteiger partial charge in [0.25, 0.3) is 10.0 Å². The van der Waals surface area contributed by atoms with Crippen LogP contribution in [0.15, 0.2) is 77.7 Å². The molecule has 0 aliphatic carbocycles. The first-order chi connectivity index (χ1) is 18.4. The van der Waals surface area contributed by atoms with E-state index in [4.69, 9.17) is 11.6 Å². The molecule has 0 radical (unpaired) electrons. The van der Waals surface area contributed by atoms with Gasteiger partial charge in [-0.3, -0.25) is 13.9 Å². The lowest BCUT2D eigenvalue weighted by Crippen LogP contribution is -2.51. The molecule has 1 atom stereocenters. The van der Waals surface area contributed by atoms with Gasteiger partial charge in [0.2, 0.25) is 11.8 Å². The van der Waals surface area contributed by atoms with Crippen molar-refractivity contribution in [1.82, 2.24) is 10.2 Å². The molecule has 3 rings (SSSR count). The molecule has 0 unspecified atom stereocenters. The average molecular weight is 570 g/mol. The Morgan fingerprint density at radius 3 is 2.05 bits per heavy atom. The third-order valence-electron chi connectivity index (χ3n) is 6.31. The number of anilines is 1. The topological polar surface area (TPSA) is 86.8 Å². The van der Waals surface area contributed by atoms with E-state index >= 15 is 0 Å². The predicted molar refractivity (Wildman–Crippen MR) is 156 cm³/mol. The molecule has 0 saturated carbocycles. The zero-order valence-corrected chi connectivity index (χ0v) is 24.6. The van der Waals surface area contributed by atoms with Crippen LogP contribution in [-0.2, 0) is 26.2 Å². The quantitative estimate of drug-likeness (QED) is 0.338. The summed E-state index contributed by atoms with van der Waals surface area (Å²) in [6, 6.07) is 19.6. The molecule has 0 fully saturated rings. The van der Waals surface area contributed by atoms with Gasteiger partial charge in [-0.05, 0) is 62.6 Å². The highest BCUT2D eigenvalue weighted by Gasteiger charge is 2.32. The maximum Gasteiger partial charge on any atom is 0.264 e. The van der Waals surface area contributed by atoms with Crippen LogP contribution in [0.2, 0.25) is 5.02 Å². The molecule has 1 N–H and O–H groups in total. The Bertz CT molecular complexity index is 1390.